The normalized spacial score (nSPS) is 27.1. The number of rotatable bonds is 5. The van der Waals surface area contributed by atoms with Gasteiger partial charge in [0.1, 0.15) is 0 Å². The van der Waals surface area contributed by atoms with E-state index in [9.17, 15) is 4.79 Å². The zero-order chi connectivity index (χ0) is 16.4. The highest BCUT2D eigenvalue weighted by Crippen LogP contribution is 2.32. The monoisotopic (exact) mass is 346 g/mol. The Morgan fingerprint density at radius 3 is 3.17 bits per heavy atom. The predicted octanol–water partition coefficient (Wildman–Crippen LogP) is 2.64. The van der Waals surface area contributed by atoms with Gasteiger partial charge in [0, 0.05) is 36.2 Å². The SMILES string of the molecule is O=C(NCc1cccs1)[C@H]1C[C@H]2OCC[C@H]2N(Cc2ccoc2)C1. The number of hydrogen-bond donors (Lipinski definition) is 1. The Balaban J connectivity index is 1.40. The molecule has 2 aliphatic rings. The van der Waals surface area contributed by atoms with Gasteiger partial charge in [-0.1, -0.05) is 6.07 Å². The molecule has 1 N–H and O–H groups in total. The number of ether oxygens (including phenoxy) is 1. The molecule has 2 saturated heterocycles. The van der Waals surface area contributed by atoms with Gasteiger partial charge in [0.25, 0.3) is 0 Å². The molecule has 1 amide bonds. The van der Waals surface area contributed by atoms with Crippen molar-refractivity contribution in [3.8, 4) is 0 Å². The van der Waals surface area contributed by atoms with E-state index in [4.69, 9.17) is 9.15 Å². The smallest absolute Gasteiger partial charge is 0.224 e. The highest BCUT2D eigenvalue weighted by molar-refractivity contribution is 7.09. The fourth-order valence-electron chi connectivity index (χ4n) is 3.77. The molecule has 0 saturated carbocycles. The number of carbonyl (C=O) groups is 1. The molecule has 2 fully saturated rings. The third-order valence-electron chi connectivity index (χ3n) is 4.97. The molecule has 2 aromatic heterocycles. The zero-order valence-electron chi connectivity index (χ0n) is 13.5. The molecule has 5 nitrogen and oxygen atoms in total. The van der Waals surface area contributed by atoms with Crippen molar-refractivity contribution >= 4 is 17.2 Å². The number of furan rings is 1. The summed E-state index contributed by atoms with van der Waals surface area (Å²) in [6.07, 6.45) is 5.52. The largest absolute Gasteiger partial charge is 0.472 e. The summed E-state index contributed by atoms with van der Waals surface area (Å²) in [7, 11) is 0. The van der Waals surface area contributed by atoms with Crippen LogP contribution in [-0.2, 0) is 22.6 Å². The van der Waals surface area contributed by atoms with Crippen molar-refractivity contribution in [2.24, 2.45) is 5.92 Å². The Labute approximate surface area is 145 Å². The number of piperidine rings is 1. The molecule has 0 unspecified atom stereocenters. The Kier molecular flexibility index (Phi) is 4.69. The van der Waals surface area contributed by atoms with E-state index in [2.05, 4.69) is 10.2 Å². The Morgan fingerprint density at radius 1 is 1.42 bits per heavy atom. The van der Waals surface area contributed by atoms with Crippen LogP contribution in [0.1, 0.15) is 23.3 Å². The molecule has 0 aliphatic carbocycles. The molecule has 0 bridgehead atoms. The van der Waals surface area contributed by atoms with Crippen LogP contribution in [0.3, 0.4) is 0 Å². The first-order valence-electron chi connectivity index (χ1n) is 8.46. The fourth-order valence-corrected chi connectivity index (χ4v) is 4.42. The minimum Gasteiger partial charge on any atom is -0.472 e. The van der Waals surface area contributed by atoms with Gasteiger partial charge >= 0.3 is 0 Å². The van der Waals surface area contributed by atoms with Crippen LogP contribution < -0.4 is 5.32 Å². The molecular weight excluding hydrogens is 324 g/mol. The number of thiophene rings is 1. The van der Waals surface area contributed by atoms with Crippen LogP contribution >= 0.6 is 11.3 Å². The molecule has 128 valence electrons. The van der Waals surface area contributed by atoms with Crippen molar-refractivity contribution in [1.82, 2.24) is 10.2 Å². The molecule has 0 aromatic carbocycles. The Bertz CT molecular complexity index is 656. The second kappa shape index (κ2) is 7.09. The summed E-state index contributed by atoms with van der Waals surface area (Å²) in [5.41, 5.74) is 1.15. The molecular formula is C18H22N2O3S. The third-order valence-corrected chi connectivity index (χ3v) is 5.85. The van der Waals surface area contributed by atoms with Gasteiger partial charge in [0.05, 0.1) is 31.1 Å². The molecule has 0 spiro atoms. The third kappa shape index (κ3) is 3.41. The van der Waals surface area contributed by atoms with Gasteiger partial charge in [-0.15, -0.1) is 11.3 Å². The summed E-state index contributed by atoms with van der Waals surface area (Å²) in [5.74, 6) is 0.116. The number of fused-ring (bicyclic) bond motifs is 1. The molecule has 3 atom stereocenters. The summed E-state index contributed by atoms with van der Waals surface area (Å²) < 4.78 is 11.1. The fraction of sp³-hybridized carbons (Fsp3) is 0.500. The quantitative estimate of drug-likeness (QED) is 0.904. The Hall–Kier alpha value is -1.63. The summed E-state index contributed by atoms with van der Waals surface area (Å²) in [6.45, 7) is 3.01. The van der Waals surface area contributed by atoms with E-state index in [0.29, 0.717) is 12.6 Å². The maximum absolute atomic E-state index is 12.6. The predicted molar refractivity (Wildman–Crippen MR) is 91.5 cm³/mol. The Morgan fingerprint density at radius 2 is 2.38 bits per heavy atom. The average molecular weight is 346 g/mol. The molecule has 6 heteroatoms. The molecule has 24 heavy (non-hydrogen) atoms. The summed E-state index contributed by atoms with van der Waals surface area (Å²) >= 11 is 1.67. The van der Waals surface area contributed by atoms with Crippen molar-refractivity contribution in [1.29, 1.82) is 0 Å². The highest BCUT2D eigenvalue weighted by atomic mass is 32.1. The van der Waals surface area contributed by atoms with Gasteiger partial charge in [-0.05, 0) is 30.4 Å². The van der Waals surface area contributed by atoms with E-state index >= 15 is 0 Å². The van der Waals surface area contributed by atoms with E-state index < -0.39 is 0 Å². The van der Waals surface area contributed by atoms with E-state index in [1.807, 2.05) is 23.6 Å². The second-order valence-corrected chi connectivity index (χ2v) is 7.59. The van der Waals surface area contributed by atoms with E-state index in [1.165, 1.54) is 4.88 Å². The number of nitrogens with zero attached hydrogens (tertiary/aromatic N) is 1. The van der Waals surface area contributed by atoms with Crippen LogP contribution in [0.2, 0.25) is 0 Å². The molecule has 2 aliphatic heterocycles. The standard InChI is InChI=1S/C18H22N2O3S/c21-18(19-9-15-2-1-7-24-15)14-8-17-16(4-6-23-17)20(11-14)10-13-3-5-22-12-13/h1-3,5,7,12,14,16-17H,4,6,8-11H2,(H,19,21)/t14-,16+,17+/m0/s1. The van der Waals surface area contributed by atoms with E-state index in [0.717, 1.165) is 38.1 Å². The number of nitrogens with one attached hydrogen (secondary N) is 1. The lowest BCUT2D eigenvalue weighted by Gasteiger charge is -2.40. The zero-order valence-corrected chi connectivity index (χ0v) is 14.3. The lowest BCUT2D eigenvalue weighted by molar-refractivity contribution is -0.129. The van der Waals surface area contributed by atoms with Crippen molar-refractivity contribution in [3.05, 3.63) is 46.5 Å². The lowest BCUT2D eigenvalue weighted by Crippen LogP contribution is -2.52. The number of amides is 1. The summed E-state index contributed by atoms with van der Waals surface area (Å²) in [6, 6.07) is 6.47. The van der Waals surface area contributed by atoms with Crippen molar-refractivity contribution < 1.29 is 13.9 Å². The first-order chi connectivity index (χ1) is 11.8. The van der Waals surface area contributed by atoms with Gasteiger partial charge < -0.3 is 14.5 Å². The van der Waals surface area contributed by atoms with Gasteiger partial charge in [-0.25, -0.2) is 0 Å². The second-order valence-electron chi connectivity index (χ2n) is 6.56. The van der Waals surface area contributed by atoms with Crippen molar-refractivity contribution in [2.45, 2.75) is 38.1 Å². The topological polar surface area (TPSA) is 54.7 Å². The maximum atomic E-state index is 12.6. The minimum absolute atomic E-state index is 0.0174. The van der Waals surface area contributed by atoms with Crippen molar-refractivity contribution in [2.75, 3.05) is 13.2 Å². The van der Waals surface area contributed by atoms with Crippen molar-refractivity contribution in [3.63, 3.8) is 0 Å². The van der Waals surface area contributed by atoms with Gasteiger partial charge in [0.2, 0.25) is 5.91 Å². The van der Waals surface area contributed by atoms with E-state index in [-0.39, 0.29) is 17.9 Å². The van der Waals surface area contributed by atoms with Gasteiger partial charge in [-0.3, -0.25) is 9.69 Å². The summed E-state index contributed by atoms with van der Waals surface area (Å²) in [4.78, 5) is 16.2. The average Bonchev–Trinajstić information content (AvgIpc) is 3.33. The van der Waals surface area contributed by atoms with Gasteiger partial charge in [-0.2, -0.15) is 0 Å². The summed E-state index contributed by atoms with van der Waals surface area (Å²) in [5, 5.41) is 5.12. The molecule has 4 rings (SSSR count). The molecule has 2 aromatic rings. The van der Waals surface area contributed by atoms with Crippen LogP contribution in [0, 0.1) is 5.92 Å². The number of carbonyl (C=O) groups excluding carboxylic acids is 1. The molecule has 0 radical (unpaired) electrons. The number of hydrogen-bond acceptors (Lipinski definition) is 5. The first-order valence-corrected chi connectivity index (χ1v) is 9.34. The van der Waals surface area contributed by atoms with Crippen LogP contribution in [0.4, 0.5) is 0 Å². The lowest BCUT2D eigenvalue weighted by atomic mass is 9.89. The van der Waals surface area contributed by atoms with Crippen LogP contribution in [0.5, 0.6) is 0 Å². The van der Waals surface area contributed by atoms with Gasteiger partial charge in [0.15, 0.2) is 0 Å². The first kappa shape index (κ1) is 15.9. The van der Waals surface area contributed by atoms with E-state index in [1.54, 1.807) is 23.9 Å². The maximum Gasteiger partial charge on any atom is 0.224 e. The molecule has 4 heterocycles. The minimum atomic E-state index is -0.0174. The van der Waals surface area contributed by atoms with Crippen LogP contribution in [-0.4, -0.2) is 36.1 Å². The van der Waals surface area contributed by atoms with Crippen LogP contribution in [0.15, 0.2) is 40.5 Å². The number of likely N-dealkylation sites (tertiary alicyclic amines) is 1. The highest BCUT2D eigenvalue weighted by Gasteiger charge is 2.42. The van der Waals surface area contributed by atoms with Crippen LogP contribution in [0.25, 0.3) is 0 Å².